The summed E-state index contributed by atoms with van der Waals surface area (Å²) in [7, 11) is -0.705. The largest absolute Gasteiger partial charge is 0.493 e. The van der Waals surface area contributed by atoms with Crippen LogP contribution in [0.5, 0.6) is 11.5 Å². The number of nitrogens with one attached hydrogen (secondary N) is 1. The molecule has 0 atom stereocenters. The van der Waals surface area contributed by atoms with Gasteiger partial charge in [0.2, 0.25) is 0 Å². The summed E-state index contributed by atoms with van der Waals surface area (Å²) >= 11 is 0. The van der Waals surface area contributed by atoms with Crippen LogP contribution in [0.3, 0.4) is 0 Å². The van der Waals surface area contributed by atoms with Gasteiger partial charge in [-0.05, 0) is 30.2 Å². The van der Waals surface area contributed by atoms with Crippen LogP contribution in [-0.4, -0.2) is 35.7 Å². The van der Waals surface area contributed by atoms with Gasteiger partial charge in [-0.2, -0.15) is 0 Å². The second-order valence-corrected chi connectivity index (χ2v) is 7.69. The number of ether oxygens (including phenoxy) is 2. The number of benzene rings is 2. The predicted octanol–water partition coefficient (Wildman–Crippen LogP) is 2.31. The maximum Gasteiger partial charge on any atom is 0.264 e. The fraction of sp³-hybridized carbons (Fsp3) is 0.333. The molecule has 0 amide bonds. The minimum absolute atomic E-state index is 0.224. The highest BCUT2D eigenvalue weighted by atomic mass is 32.2. The molecule has 0 radical (unpaired) electrons. The van der Waals surface area contributed by atoms with E-state index < -0.39 is 10.0 Å². The third-order valence-corrected chi connectivity index (χ3v) is 6.27. The van der Waals surface area contributed by atoms with Crippen molar-refractivity contribution in [3.8, 4) is 11.5 Å². The summed E-state index contributed by atoms with van der Waals surface area (Å²) in [5.41, 5.74) is 2.29. The van der Waals surface area contributed by atoms with Gasteiger partial charge < -0.3 is 14.8 Å². The smallest absolute Gasteiger partial charge is 0.264 e. The number of methoxy groups -OCH3 is 2. The van der Waals surface area contributed by atoms with E-state index in [0.29, 0.717) is 42.4 Å². The van der Waals surface area contributed by atoms with Gasteiger partial charge in [-0.25, -0.2) is 8.42 Å². The lowest BCUT2D eigenvalue weighted by atomic mass is 10.2. The van der Waals surface area contributed by atoms with Crippen LogP contribution in [0.2, 0.25) is 0 Å². The van der Waals surface area contributed by atoms with Crippen molar-refractivity contribution in [1.82, 2.24) is 5.32 Å². The number of para-hydroxylation sites is 1. The number of hydrogen-bond donors (Lipinski definition) is 1. The first kappa shape index (κ1) is 17.6. The van der Waals surface area contributed by atoms with Crippen molar-refractivity contribution in [1.29, 1.82) is 0 Å². The van der Waals surface area contributed by atoms with Crippen molar-refractivity contribution in [3.63, 3.8) is 0 Å². The topological polar surface area (TPSA) is 67.9 Å². The molecule has 25 heavy (non-hydrogen) atoms. The molecule has 2 aromatic rings. The molecule has 0 aliphatic carbocycles. The van der Waals surface area contributed by atoms with Gasteiger partial charge in [-0.1, -0.05) is 18.2 Å². The second-order valence-electron chi connectivity index (χ2n) is 5.86. The zero-order chi connectivity index (χ0) is 18.0. The van der Waals surface area contributed by atoms with E-state index in [1.807, 2.05) is 24.3 Å². The number of anilines is 1. The molecule has 0 fully saturated rings. The number of rotatable bonds is 4. The van der Waals surface area contributed by atoms with Crippen LogP contribution < -0.4 is 19.1 Å². The van der Waals surface area contributed by atoms with Gasteiger partial charge in [0.05, 0.1) is 24.8 Å². The Morgan fingerprint density at radius 2 is 1.76 bits per heavy atom. The summed E-state index contributed by atoms with van der Waals surface area (Å²) in [5, 5.41) is 3.26. The van der Waals surface area contributed by atoms with Gasteiger partial charge in [0, 0.05) is 25.7 Å². The first-order valence-corrected chi connectivity index (χ1v) is 9.47. The van der Waals surface area contributed by atoms with E-state index in [1.54, 1.807) is 13.0 Å². The molecule has 1 aliphatic heterocycles. The molecule has 0 saturated heterocycles. The van der Waals surface area contributed by atoms with E-state index in [9.17, 15) is 8.42 Å². The van der Waals surface area contributed by atoms with Gasteiger partial charge in [-0.3, -0.25) is 4.31 Å². The fourth-order valence-electron chi connectivity index (χ4n) is 3.04. The molecule has 134 valence electrons. The summed E-state index contributed by atoms with van der Waals surface area (Å²) in [5.74, 6) is 0.907. The Balaban J connectivity index is 2.14. The minimum Gasteiger partial charge on any atom is -0.493 e. The summed E-state index contributed by atoms with van der Waals surface area (Å²) in [6.07, 6.45) is 0. The molecule has 0 unspecified atom stereocenters. The molecule has 0 saturated carbocycles. The molecule has 2 aromatic carbocycles. The average molecular weight is 362 g/mol. The van der Waals surface area contributed by atoms with Crippen molar-refractivity contribution in [2.75, 3.05) is 31.6 Å². The Hall–Kier alpha value is -2.25. The lowest BCUT2D eigenvalue weighted by Gasteiger charge is -2.25. The van der Waals surface area contributed by atoms with Crippen LogP contribution in [0.25, 0.3) is 0 Å². The number of aryl methyl sites for hydroxylation is 1. The standard InChI is InChI=1S/C18H22N2O4S/c1-13-10-16(23-2)17(24-3)11-18(13)25(21,22)20-9-8-19-12-14-6-4-5-7-15(14)20/h4-7,10-11,19H,8-9,12H2,1-3H3. The van der Waals surface area contributed by atoms with E-state index in [0.717, 1.165) is 5.56 Å². The molecule has 6 nitrogen and oxygen atoms in total. The third-order valence-electron chi connectivity index (χ3n) is 4.32. The Morgan fingerprint density at radius 1 is 1.08 bits per heavy atom. The van der Waals surface area contributed by atoms with Crippen LogP contribution in [0, 0.1) is 6.92 Å². The Labute approximate surface area is 148 Å². The van der Waals surface area contributed by atoms with E-state index in [4.69, 9.17) is 9.47 Å². The van der Waals surface area contributed by atoms with Crippen molar-refractivity contribution in [2.24, 2.45) is 0 Å². The van der Waals surface area contributed by atoms with Gasteiger partial charge >= 0.3 is 0 Å². The molecular formula is C18H22N2O4S. The summed E-state index contributed by atoms with van der Waals surface area (Å²) in [4.78, 5) is 0.224. The zero-order valence-electron chi connectivity index (χ0n) is 14.6. The van der Waals surface area contributed by atoms with E-state index >= 15 is 0 Å². The molecular weight excluding hydrogens is 340 g/mol. The van der Waals surface area contributed by atoms with Gasteiger partial charge in [-0.15, -0.1) is 0 Å². The number of hydrogen-bond acceptors (Lipinski definition) is 5. The normalized spacial score (nSPS) is 14.6. The molecule has 0 aromatic heterocycles. The van der Waals surface area contributed by atoms with Crippen LogP contribution in [0.4, 0.5) is 5.69 Å². The third kappa shape index (κ3) is 3.17. The Morgan fingerprint density at radius 3 is 2.48 bits per heavy atom. The van der Waals surface area contributed by atoms with E-state index in [-0.39, 0.29) is 4.90 Å². The number of fused-ring (bicyclic) bond motifs is 1. The summed E-state index contributed by atoms with van der Waals surface area (Å²) in [6.45, 7) is 3.36. The van der Waals surface area contributed by atoms with Crippen LogP contribution >= 0.6 is 0 Å². The molecule has 0 bridgehead atoms. The Bertz CT molecular complexity index is 881. The Kier molecular flexibility index (Phi) is 4.87. The van der Waals surface area contributed by atoms with E-state index in [1.165, 1.54) is 24.6 Å². The van der Waals surface area contributed by atoms with Crippen molar-refractivity contribution < 1.29 is 17.9 Å². The average Bonchev–Trinajstić information content (AvgIpc) is 2.84. The number of nitrogens with zero attached hydrogens (tertiary/aromatic N) is 1. The summed E-state index contributed by atoms with van der Waals surface area (Å²) < 4.78 is 38.8. The van der Waals surface area contributed by atoms with Crippen LogP contribution in [-0.2, 0) is 16.6 Å². The fourth-order valence-corrected chi connectivity index (χ4v) is 4.76. The van der Waals surface area contributed by atoms with Gasteiger partial charge in [0.25, 0.3) is 10.0 Å². The van der Waals surface area contributed by atoms with E-state index in [2.05, 4.69) is 5.32 Å². The van der Waals surface area contributed by atoms with Crippen molar-refractivity contribution in [3.05, 3.63) is 47.5 Å². The first-order chi connectivity index (χ1) is 12.0. The quantitative estimate of drug-likeness (QED) is 0.904. The lowest BCUT2D eigenvalue weighted by Crippen LogP contribution is -2.35. The highest BCUT2D eigenvalue weighted by Crippen LogP contribution is 2.35. The molecule has 7 heteroatoms. The predicted molar refractivity (Wildman–Crippen MR) is 97.0 cm³/mol. The minimum atomic E-state index is -3.73. The van der Waals surface area contributed by atoms with Gasteiger partial charge in [0.1, 0.15) is 0 Å². The lowest BCUT2D eigenvalue weighted by molar-refractivity contribution is 0.353. The SMILES string of the molecule is COc1cc(C)c(S(=O)(=O)N2CCNCc3ccccc32)cc1OC. The molecule has 1 aliphatic rings. The van der Waals surface area contributed by atoms with Crippen LogP contribution in [0.15, 0.2) is 41.3 Å². The monoisotopic (exact) mass is 362 g/mol. The maximum absolute atomic E-state index is 13.4. The number of sulfonamides is 1. The highest BCUT2D eigenvalue weighted by molar-refractivity contribution is 7.92. The van der Waals surface area contributed by atoms with Crippen molar-refractivity contribution in [2.45, 2.75) is 18.4 Å². The summed E-state index contributed by atoms with van der Waals surface area (Å²) in [6, 6.07) is 10.8. The van der Waals surface area contributed by atoms with Gasteiger partial charge in [0.15, 0.2) is 11.5 Å². The molecule has 1 N–H and O–H groups in total. The van der Waals surface area contributed by atoms with Crippen LogP contribution in [0.1, 0.15) is 11.1 Å². The highest BCUT2D eigenvalue weighted by Gasteiger charge is 2.30. The molecule has 1 heterocycles. The maximum atomic E-state index is 13.4. The van der Waals surface area contributed by atoms with Crippen molar-refractivity contribution >= 4 is 15.7 Å². The zero-order valence-corrected chi connectivity index (χ0v) is 15.4. The second kappa shape index (κ2) is 6.93. The molecule has 3 rings (SSSR count). The first-order valence-electron chi connectivity index (χ1n) is 8.03. The molecule has 0 spiro atoms.